The lowest BCUT2D eigenvalue weighted by molar-refractivity contribution is -0.0579. The van der Waals surface area contributed by atoms with Gasteiger partial charge in [-0.15, -0.1) is 0 Å². The first kappa shape index (κ1) is 18.4. The van der Waals surface area contributed by atoms with E-state index in [1.54, 1.807) is 4.90 Å². The predicted molar refractivity (Wildman–Crippen MR) is 94.3 cm³/mol. The number of amides is 1. The Bertz CT molecular complexity index is 827. The van der Waals surface area contributed by atoms with Gasteiger partial charge in [0.05, 0.1) is 6.54 Å². The molecule has 2 aliphatic heterocycles. The van der Waals surface area contributed by atoms with Crippen molar-refractivity contribution in [2.45, 2.75) is 40.4 Å². The van der Waals surface area contributed by atoms with Gasteiger partial charge in [0.1, 0.15) is 11.7 Å². The molecule has 0 spiro atoms. The highest BCUT2D eigenvalue weighted by Crippen LogP contribution is 2.34. The number of rotatable bonds is 3. The maximum atomic E-state index is 13.1. The van der Waals surface area contributed by atoms with Crippen LogP contribution < -0.4 is 5.43 Å². The molecule has 1 saturated heterocycles. The van der Waals surface area contributed by atoms with E-state index in [9.17, 15) is 24.6 Å². The van der Waals surface area contributed by atoms with E-state index in [1.807, 2.05) is 0 Å². The molecule has 2 aliphatic rings. The van der Waals surface area contributed by atoms with Crippen LogP contribution >= 0.6 is 0 Å². The minimum absolute atomic E-state index is 0.125. The topological polar surface area (TPSA) is 103 Å². The summed E-state index contributed by atoms with van der Waals surface area (Å²) >= 11 is 0. The molecule has 1 aromatic heterocycles. The average molecular weight is 363 g/mol. The number of hydrogen-bond donors (Lipinski definition) is 2. The molecule has 1 fully saturated rings. The third-order valence-corrected chi connectivity index (χ3v) is 4.92. The lowest BCUT2D eigenvalue weighted by Crippen LogP contribution is -2.65. The zero-order chi connectivity index (χ0) is 19.4. The summed E-state index contributed by atoms with van der Waals surface area (Å²) in [6.07, 6.45) is 0.941. The number of nitrogens with zero attached hydrogens (tertiary/aromatic N) is 3. The van der Waals surface area contributed by atoms with Crippen LogP contribution in [0.3, 0.4) is 0 Å². The van der Waals surface area contributed by atoms with Crippen molar-refractivity contribution in [3.05, 3.63) is 27.7 Å². The molecule has 1 atom stereocenters. The van der Waals surface area contributed by atoms with Crippen molar-refractivity contribution in [3.63, 3.8) is 0 Å². The van der Waals surface area contributed by atoms with Crippen LogP contribution in [0.1, 0.15) is 48.5 Å². The number of fused-ring (bicyclic) bond motifs is 2. The molecule has 26 heavy (non-hydrogen) atoms. The number of aromatic nitrogens is 1. The van der Waals surface area contributed by atoms with Crippen LogP contribution in [0.2, 0.25) is 0 Å². The fourth-order valence-corrected chi connectivity index (χ4v) is 4.03. The summed E-state index contributed by atoms with van der Waals surface area (Å²) in [6.45, 7) is 10.8. The molecular weight excluding hydrogens is 338 g/mol. The Kier molecular flexibility index (Phi) is 4.34. The van der Waals surface area contributed by atoms with Crippen LogP contribution in [0.15, 0.2) is 11.0 Å². The maximum Gasteiger partial charge on any atom is 0.341 e. The predicted octanol–water partition coefficient (Wildman–Crippen LogP) is 1.03. The second-order valence-corrected chi connectivity index (χ2v) is 8.43. The Hall–Kier alpha value is -2.35. The zero-order valence-corrected chi connectivity index (χ0v) is 15.5. The van der Waals surface area contributed by atoms with Crippen molar-refractivity contribution < 1.29 is 19.8 Å². The summed E-state index contributed by atoms with van der Waals surface area (Å²) in [5, 5.41) is 19.4. The number of carboxylic acids is 1. The van der Waals surface area contributed by atoms with Crippen molar-refractivity contribution in [1.82, 2.24) is 14.4 Å². The second kappa shape index (κ2) is 6.12. The maximum absolute atomic E-state index is 13.1. The SMILES string of the molecule is CC(C)CN1CC(C)(C)CN2C(=O)c3c(O)c(=O)c(C(=O)O)cn3CC12. The summed E-state index contributed by atoms with van der Waals surface area (Å²) in [6, 6.07) is 0. The molecule has 1 amide bonds. The molecule has 8 nitrogen and oxygen atoms in total. The van der Waals surface area contributed by atoms with Crippen molar-refractivity contribution >= 4 is 11.9 Å². The van der Waals surface area contributed by atoms with Gasteiger partial charge in [0.2, 0.25) is 5.43 Å². The fraction of sp³-hybridized carbons (Fsp3) is 0.611. The summed E-state index contributed by atoms with van der Waals surface area (Å²) in [5.74, 6) is -2.24. The van der Waals surface area contributed by atoms with Gasteiger partial charge in [-0.1, -0.05) is 27.7 Å². The molecule has 2 N–H and O–H groups in total. The molecule has 3 rings (SSSR count). The minimum Gasteiger partial charge on any atom is -0.503 e. The zero-order valence-electron chi connectivity index (χ0n) is 15.5. The van der Waals surface area contributed by atoms with Gasteiger partial charge in [0, 0.05) is 25.8 Å². The van der Waals surface area contributed by atoms with Crippen LogP contribution in [0.4, 0.5) is 0 Å². The highest BCUT2D eigenvalue weighted by molar-refractivity contribution is 5.97. The van der Waals surface area contributed by atoms with Crippen LogP contribution in [0, 0.1) is 11.3 Å². The molecule has 1 aromatic rings. The number of aromatic hydroxyl groups is 1. The molecule has 0 bridgehead atoms. The first-order valence-electron chi connectivity index (χ1n) is 8.76. The second-order valence-electron chi connectivity index (χ2n) is 8.43. The fourth-order valence-electron chi connectivity index (χ4n) is 4.03. The monoisotopic (exact) mass is 363 g/mol. The van der Waals surface area contributed by atoms with E-state index in [2.05, 4.69) is 32.6 Å². The van der Waals surface area contributed by atoms with Crippen molar-refractivity contribution in [1.29, 1.82) is 0 Å². The number of carbonyl (C=O) groups excluding carboxylic acids is 1. The number of hydrogen-bond acceptors (Lipinski definition) is 5. The van der Waals surface area contributed by atoms with E-state index in [0.29, 0.717) is 19.0 Å². The van der Waals surface area contributed by atoms with Gasteiger partial charge < -0.3 is 19.7 Å². The van der Waals surface area contributed by atoms with Gasteiger partial charge in [0.15, 0.2) is 11.4 Å². The highest BCUT2D eigenvalue weighted by Gasteiger charge is 2.45. The first-order valence-corrected chi connectivity index (χ1v) is 8.76. The molecule has 0 radical (unpaired) electrons. The van der Waals surface area contributed by atoms with Crippen molar-refractivity contribution in [3.8, 4) is 5.75 Å². The third-order valence-electron chi connectivity index (χ3n) is 4.92. The molecule has 142 valence electrons. The molecule has 8 heteroatoms. The van der Waals surface area contributed by atoms with Gasteiger partial charge in [-0.3, -0.25) is 14.5 Å². The summed E-state index contributed by atoms with van der Waals surface area (Å²) in [4.78, 5) is 40.4. The van der Waals surface area contributed by atoms with Crippen LogP contribution in [0.25, 0.3) is 0 Å². The first-order chi connectivity index (χ1) is 12.0. The lowest BCUT2D eigenvalue weighted by atomic mass is 9.87. The van der Waals surface area contributed by atoms with E-state index in [4.69, 9.17) is 0 Å². The molecule has 0 saturated carbocycles. The van der Waals surface area contributed by atoms with Gasteiger partial charge in [-0.2, -0.15) is 0 Å². The molecule has 0 aromatic carbocycles. The van der Waals surface area contributed by atoms with E-state index in [-0.39, 0.29) is 17.3 Å². The number of aromatic carboxylic acids is 1. The quantitative estimate of drug-likeness (QED) is 0.831. The van der Waals surface area contributed by atoms with Crippen molar-refractivity contribution in [2.75, 3.05) is 19.6 Å². The van der Waals surface area contributed by atoms with E-state index in [1.165, 1.54) is 10.8 Å². The summed E-state index contributed by atoms with van der Waals surface area (Å²) in [5.41, 5.74) is -1.80. The van der Waals surface area contributed by atoms with Gasteiger partial charge in [-0.25, -0.2) is 4.79 Å². The van der Waals surface area contributed by atoms with Crippen LogP contribution in [-0.4, -0.2) is 62.3 Å². The largest absolute Gasteiger partial charge is 0.503 e. The van der Waals surface area contributed by atoms with Crippen LogP contribution in [-0.2, 0) is 6.54 Å². The highest BCUT2D eigenvalue weighted by atomic mass is 16.4. The standard InChI is InChI=1S/C18H25N3O5/c1-10(2)5-20-8-18(3,4)9-21-12(20)7-19-6-11(17(25)26)14(22)15(23)13(19)16(21)24/h6,10,12,23H,5,7-9H2,1-4H3,(H,25,26). The average Bonchev–Trinajstić information content (AvgIpc) is 2.50. The van der Waals surface area contributed by atoms with Gasteiger partial charge in [0.25, 0.3) is 5.91 Å². The Balaban J connectivity index is 2.11. The number of carboxylic acid groups (broad SMARTS) is 1. The molecule has 1 unspecified atom stereocenters. The third kappa shape index (κ3) is 2.98. The van der Waals surface area contributed by atoms with Gasteiger partial charge in [-0.05, 0) is 11.3 Å². The van der Waals surface area contributed by atoms with E-state index < -0.39 is 28.6 Å². The van der Waals surface area contributed by atoms with E-state index >= 15 is 0 Å². The normalized spacial score (nSPS) is 22.3. The molecule has 0 aliphatic carbocycles. The summed E-state index contributed by atoms with van der Waals surface area (Å²) < 4.78 is 1.41. The van der Waals surface area contributed by atoms with E-state index in [0.717, 1.165) is 13.1 Å². The Morgan fingerprint density at radius 3 is 2.54 bits per heavy atom. The Morgan fingerprint density at radius 1 is 1.31 bits per heavy atom. The summed E-state index contributed by atoms with van der Waals surface area (Å²) in [7, 11) is 0. The molecular formula is C18H25N3O5. The number of pyridine rings is 1. The Morgan fingerprint density at radius 2 is 1.96 bits per heavy atom. The minimum atomic E-state index is -1.42. The number of carbonyl (C=O) groups is 2. The Labute approximate surface area is 151 Å². The smallest absolute Gasteiger partial charge is 0.341 e. The molecule has 3 heterocycles. The van der Waals surface area contributed by atoms with Crippen molar-refractivity contribution in [2.24, 2.45) is 11.3 Å². The van der Waals surface area contributed by atoms with Crippen LogP contribution in [0.5, 0.6) is 5.75 Å². The lowest BCUT2D eigenvalue weighted by Gasteiger charge is -2.53. The van der Waals surface area contributed by atoms with Gasteiger partial charge >= 0.3 is 5.97 Å².